The van der Waals surface area contributed by atoms with Gasteiger partial charge in [-0.3, -0.25) is 9.59 Å². The number of amides is 2. The number of carbonyl (C=O) groups is 2. The average Bonchev–Trinajstić information content (AvgIpc) is 2.47. The summed E-state index contributed by atoms with van der Waals surface area (Å²) in [6, 6.07) is 0. The second-order valence-electron chi connectivity index (χ2n) is 5.97. The number of hydrogen-bond donors (Lipinski definition) is 4. The standard InChI is InChI=1S/C18H28N2O6/c1-13(21)9-19(10-14(2)22)17(25)7-5-6-8-18(26)20(11-15(3)23)12-16(4)24/h21-24H,1-12H2. The van der Waals surface area contributed by atoms with Crippen molar-refractivity contribution in [1.82, 2.24) is 9.80 Å². The van der Waals surface area contributed by atoms with Crippen LogP contribution in [0.1, 0.15) is 25.7 Å². The third-order valence-electron chi connectivity index (χ3n) is 3.23. The quantitative estimate of drug-likeness (QED) is 0.293. The maximum Gasteiger partial charge on any atom is 0.223 e. The van der Waals surface area contributed by atoms with E-state index in [0.717, 1.165) is 0 Å². The smallest absolute Gasteiger partial charge is 0.223 e. The summed E-state index contributed by atoms with van der Waals surface area (Å²) in [6.45, 7) is 12.8. The van der Waals surface area contributed by atoms with Gasteiger partial charge in [0.2, 0.25) is 11.8 Å². The molecule has 2 amide bonds. The van der Waals surface area contributed by atoms with Crippen molar-refractivity contribution in [2.45, 2.75) is 25.7 Å². The molecule has 0 saturated heterocycles. The Morgan fingerprint density at radius 3 is 1.00 bits per heavy atom. The Bertz CT molecular complexity index is 488. The highest BCUT2D eigenvalue weighted by molar-refractivity contribution is 5.77. The molecule has 0 spiro atoms. The van der Waals surface area contributed by atoms with Crippen LogP contribution in [-0.2, 0) is 9.59 Å². The fourth-order valence-corrected chi connectivity index (χ4v) is 2.21. The van der Waals surface area contributed by atoms with Gasteiger partial charge in [-0.15, -0.1) is 0 Å². The minimum absolute atomic E-state index is 0.109. The van der Waals surface area contributed by atoms with E-state index in [1.807, 2.05) is 0 Å². The fraction of sp³-hybridized carbons (Fsp3) is 0.444. The third-order valence-corrected chi connectivity index (χ3v) is 3.23. The Morgan fingerprint density at radius 1 is 0.577 bits per heavy atom. The highest BCUT2D eigenvalue weighted by atomic mass is 16.3. The van der Waals surface area contributed by atoms with Crippen LogP contribution >= 0.6 is 0 Å². The summed E-state index contributed by atoms with van der Waals surface area (Å²) < 4.78 is 0. The predicted octanol–water partition coefficient (Wildman–Crippen LogP) is 2.49. The summed E-state index contributed by atoms with van der Waals surface area (Å²) >= 11 is 0. The predicted molar refractivity (Wildman–Crippen MR) is 98.7 cm³/mol. The second kappa shape index (κ2) is 11.6. The van der Waals surface area contributed by atoms with Gasteiger partial charge in [0.1, 0.15) is 23.0 Å². The Balaban J connectivity index is 4.46. The Labute approximate surface area is 153 Å². The summed E-state index contributed by atoms with van der Waals surface area (Å²) in [7, 11) is 0. The van der Waals surface area contributed by atoms with Crippen LogP contribution in [0.2, 0.25) is 0 Å². The average molecular weight is 368 g/mol. The lowest BCUT2D eigenvalue weighted by atomic mass is 10.1. The lowest BCUT2D eigenvalue weighted by Gasteiger charge is -2.22. The van der Waals surface area contributed by atoms with E-state index in [4.69, 9.17) is 0 Å². The maximum atomic E-state index is 12.1. The normalized spacial score (nSPS) is 10.0. The van der Waals surface area contributed by atoms with Crippen LogP contribution < -0.4 is 0 Å². The van der Waals surface area contributed by atoms with Crippen molar-refractivity contribution < 1.29 is 30.0 Å². The summed E-state index contributed by atoms with van der Waals surface area (Å²) in [5, 5.41) is 36.9. The highest BCUT2D eigenvalue weighted by Gasteiger charge is 2.17. The third kappa shape index (κ3) is 10.8. The van der Waals surface area contributed by atoms with Crippen molar-refractivity contribution >= 4 is 11.8 Å². The van der Waals surface area contributed by atoms with Crippen LogP contribution in [0, 0.1) is 0 Å². The highest BCUT2D eigenvalue weighted by Crippen LogP contribution is 2.09. The van der Waals surface area contributed by atoms with Gasteiger partial charge in [0, 0.05) is 12.8 Å². The lowest BCUT2D eigenvalue weighted by molar-refractivity contribution is -0.133. The molecule has 0 aromatic rings. The van der Waals surface area contributed by atoms with Crippen LogP contribution in [0.3, 0.4) is 0 Å². The Kier molecular flexibility index (Phi) is 10.3. The number of unbranched alkanes of at least 4 members (excludes halogenated alkanes) is 1. The van der Waals surface area contributed by atoms with E-state index in [1.165, 1.54) is 9.80 Å². The van der Waals surface area contributed by atoms with Crippen molar-refractivity contribution in [2.24, 2.45) is 0 Å². The molecule has 0 aliphatic heterocycles. The number of nitrogens with zero attached hydrogens (tertiary/aromatic N) is 2. The van der Waals surface area contributed by atoms with E-state index in [1.54, 1.807) is 0 Å². The van der Waals surface area contributed by atoms with E-state index >= 15 is 0 Å². The molecule has 0 unspecified atom stereocenters. The topological polar surface area (TPSA) is 122 Å². The van der Waals surface area contributed by atoms with E-state index < -0.39 is 0 Å². The minimum Gasteiger partial charge on any atom is -0.511 e. The first kappa shape index (κ1) is 23.1. The van der Waals surface area contributed by atoms with E-state index in [-0.39, 0.29) is 73.9 Å². The van der Waals surface area contributed by atoms with Gasteiger partial charge in [-0.2, -0.15) is 0 Å². The van der Waals surface area contributed by atoms with Crippen LogP contribution in [-0.4, -0.2) is 68.2 Å². The SMILES string of the molecule is C=C(O)CN(CC(=C)O)C(=O)CCCCC(=O)N(CC(=C)O)CC(=C)O. The molecule has 8 heteroatoms. The lowest BCUT2D eigenvalue weighted by Crippen LogP contribution is -2.35. The maximum absolute atomic E-state index is 12.1. The van der Waals surface area contributed by atoms with Crippen LogP contribution in [0.15, 0.2) is 49.4 Å². The molecule has 0 heterocycles. The van der Waals surface area contributed by atoms with Crippen molar-refractivity contribution in [1.29, 1.82) is 0 Å². The van der Waals surface area contributed by atoms with E-state index in [9.17, 15) is 30.0 Å². The van der Waals surface area contributed by atoms with Gasteiger partial charge in [0.05, 0.1) is 26.2 Å². The molecular weight excluding hydrogens is 340 g/mol. The second-order valence-corrected chi connectivity index (χ2v) is 5.97. The number of rotatable bonds is 13. The number of hydrogen-bond acceptors (Lipinski definition) is 6. The summed E-state index contributed by atoms with van der Waals surface area (Å²) in [5.74, 6) is -1.46. The molecule has 4 N–H and O–H groups in total. The van der Waals surface area contributed by atoms with Gasteiger partial charge in [-0.25, -0.2) is 0 Å². The monoisotopic (exact) mass is 368 g/mol. The first-order valence-electron chi connectivity index (χ1n) is 8.05. The minimum atomic E-state index is -0.313. The Hall–Kier alpha value is -2.90. The van der Waals surface area contributed by atoms with Gasteiger partial charge in [0.15, 0.2) is 0 Å². The molecular formula is C18H28N2O6. The van der Waals surface area contributed by atoms with Gasteiger partial charge in [-0.05, 0) is 12.8 Å². The molecule has 8 nitrogen and oxygen atoms in total. The molecule has 0 bridgehead atoms. The Morgan fingerprint density at radius 2 is 0.808 bits per heavy atom. The van der Waals surface area contributed by atoms with E-state index in [2.05, 4.69) is 26.3 Å². The molecule has 0 rings (SSSR count). The molecule has 0 aromatic carbocycles. The number of aliphatic hydroxyl groups excluding tert-OH is 4. The molecule has 0 radical (unpaired) electrons. The molecule has 0 atom stereocenters. The van der Waals surface area contributed by atoms with Gasteiger partial charge >= 0.3 is 0 Å². The molecule has 146 valence electrons. The summed E-state index contributed by atoms with van der Waals surface area (Å²) in [6.07, 6.45) is 1.05. The van der Waals surface area contributed by atoms with E-state index in [0.29, 0.717) is 12.8 Å². The first-order valence-corrected chi connectivity index (χ1v) is 8.05. The molecule has 0 saturated carbocycles. The van der Waals surface area contributed by atoms with Crippen LogP contribution in [0.25, 0.3) is 0 Å². The van der Waals surface area contributed by atoms with Crippen LogP contribution in [0.5, 0.6) is 0 Å². The molecule has 0 aliphatic rings. The summed E-state index contributed by atoms with van der Waals surface area (Å²) in [5.41, 5.74) is 0. The zero-order valence-electron chi connectivity index (χ0n) is 15.0. The van der Waals surface area contributed by atoms with Crippen molar-refractivity contribution in [2.75, 3.05) is 26.2 Å². The van der Waals surface area contributed by atoms with Gasteiger partial charge in [-0.1, -0.05) is 26.3 Å². The van der Waals surface area contributed by atoms with Gasteiger partial charge in [0.25, 0.3) is 0 Å². The zero-order chi connectivity index (χ0) is 20.3. The molecule has 0 aromatic heterocycles. The van der Waals surface area contributed by atoms with Gasteiger partial charge < -0.3 is 30.2 Å². The summed E-state index contributed by atoms with van der Waals surface area (Å²) in [4.78, 5) is 26.7. The van der Waals surface area contributed by atoms with Crippen molar-refractivity contribution in [3.8, 4) is 0 Å². The number of carbonyl (C=O) groups excluding carboxylic acids is 2. The van der Waals surface area contributed by atoms with Crippen molar-refractivity contribution in [3.63, 3.8) is 0 Å². The number of aliphatic hydroxyl groups is 4. The fourth-order valence-electron chi connectivity index (χ4n) is 2.21. The molecule has 26 heavy (non-hydrogen) atoms. The largest absolute Gasteiger partial charge is 0.511 e. The zero-order valence-corrected chi connectivity index (χ0v) is 15.0. The first-order chi connectivity index (χ1) is 12.0. The molecule has 0 aliphatic carbocycles. The van der Waals surface area contributed by atoms with Crippen LogP contribution in [0.4, 0.5) is 0 Å². The van der Waals surface area contributed by atoms with Crippen molar-refractivity contribution in [3.05, 3.63) is 49.4 Å². The molecule has 0 fully saturated rings.